The first-order chi connectivity index (χ1) is 7.24. The second-order valence-corrected chi connectivity index (χ2v) is 4.53. The zero-order valence-corrected chi connectivity index (χ0v) is 8.90. The van der Waals surface area contributed by atoms with Gasteiger partial charge in [-0.25, -0.2) is 0 Å². The number of anilines is 1. The van der Waals surface area contributed by atoms with E-state index in [4.69, 9.17) is 11.6 Å². The summed E-state index contributed by atoms with van der Waals surface area (Å²) in [4.78, 5) is 12.0. The molecule has 1 aromatic rings. The van der Waals surface area contributed by atoms with E-state index >= 15 is 0 Å². The highest BCUT2D eigenvalue weighted by Gasteiger charge is 2.49. The molecule has 0 aliphatic carbocycles. The molecule has 1 saturated heterocycles. The van der Waals surface area contributed by atoms with Crippen molar-refractivity contribution in [3.05, 3.63) is 28.8 Å². The molecule has 2 N–H and O–H groups in total. The lowest BCUT2D eigenvalue weighted by Gasteiger charge is -2.20. The van der Waals surface area contributed by atoms with Crippen molar-refractivity contribution in [2.45, 2.75) is 11.8 Å². The minimum absolute atomic E-state index is 0.0793. The number of rotatable bonds is 0. The minimum Gasteiger partial charge on any atom is -0.325 e. The van der Waals surface area contributed by atoms with Gasteiger partial charge in [0.15, 0.2) is 0 Å². The van der Waals surface area contributed by atoms with Crippen molar-refractivity contribution in [1.82, 2.24) is 5.32 Å². The van der Waals surface area contributed by atoms with Gasteiger partial charge in [-0.3, -0.25) is 4.79 Å². The number of amides is 1. The summed E-state index contributed by atoms with van der Waals surface area (Å²) in [5.74, 6) is 0.0793. The van der Waals surface area contributed by atoms with Crippen molar-refractivity contribution in [3.63, 3.8) is 0 Å². The van der Waals surface area contributed by atoms with Gasteiger partial charge in [-0.2, -0.15) is 0 Å². The summed E-state index contributed by atoms with van der Waals surface area (Å²) in [7, 11) is 0. The van der Waals surface area contributed by atoms with Crippen LogP contribution in [0.1, 0.15) is 12.0 Å². The van der Waals surface area contributed by atoms with E-state index in [1.54, 1.807) is 0 Å². The van der Waals surface area contributed by atoms with Gasteiger partial charge in [0, 0.05) is 22.8 Å². The van der Waals surface area contributed by atoms with Crippen LogP contribution in [0.3, 0.4) is 0 Å². The first-order valence-corrected chi connectivity index (χ1v) is 5.43. The molecule has 3 rings (SSSR count). The summed E-state index contributed by atoms with van der Waals surface area (Å²) in [6, 6.07) is 5.62. The van der Waals surface area contributed by atoms with E-state index in [9.17, 15) is 4.79 Å². The zero-order valence-electron chi connectivity index (χ0n) is 8.14. The lowest BCUT2D eigenvalue weighted by molar-refractivity contribution is -0.120. The van der Waals surface area contributed by atoms with Gasteiger partial charge in [0.05, 0.1) is 5.41 Å². The predicted octanol–water partition coefficient (Wildman–Crippen LogP) is 1.52. The van der Waals surface area contributed by atoms with Crippen LogP contribution in [0.25, 0.3) is 0 Å². The molecule has 0 radical (unpaired) electrons. The molecule has 1 spiro atoms. The fraction of sp³-hybridized carbons (Fsp3) is 0.364. The van der Waals surface area contributed by atoms with E-state index in [1.807, 2.05) is 18.2 Å². The third-order valence-corrected chi connectivity index (χ3v) is 3.65. The summed E-state index contributed by atoms with van der Waals surface area (Å²) in [6.07, 6.45) is 0.829. The maximum atomic E-state index is 12.0. The minimum atomic E-state index is -0.423. The molecule has 1 atom stereocenters. The molecule has 0 saturated carbocycles. The highest BCUT2D eigenvalue weighted by Crippen LogP contribution is 2.45. The number of hydrogen-bond donors (Lipinski definition) is 2. The maximum absolute atomic E-state index is 12.0. The van der Waals surface area contributed by atoms with Crippen LogP contribution in [0.5, 0.6) is 0 Å². The van der Waals surface area contributed by atoms with E-state index < -0.39 is 5.41 Å². The third kappa shape index (κ3) is 1.08. The Morgan fingerprint density at radius 2 is 2.27 bits per heavy atom. The second kappa shape index (κ2) is 2.97. The van der Waals surface area contributed by atoms with Crippen molar-refractivity contribution in [2.75, 3.05) is 18.4 Å². The van der Waals surface area contributed by atoms with E-state index in [0.29, 0.717) is 11.6 Å². The largest absolute Gasteiger partial charge is 0.325 e. The number of carbonyl (C=O) groups is 1. The lowest BCUT2D eigenvalue weighted by atomic mass is 9.81. The van der Waals surface area contributed by atoms with Gasteiger partial charge in [-0.1, -0.05) is 17.7 Å². The maximum Gasteiger partial charge on any atom is 0.236 e. The Bertz CT molecular complexity index is 438. The van der Waals surface area contributed by atoms with Crippen LogP contribution in [0.15, 0.2) is 18.2 Å². The average Bonchev–Trinajstić information content (AvgIpc) is 2.77. The summed E-state index contributed by atoms with van der Waals surface area (Å²) in [6.45, 7) is 1.56. The van der Waals surface area contributed by atoms with Gasteiger partial charge < -0.3 is 10.6 Å². The summed E-state index contributed by atoms with van der Waals surface area (Å²) in [5, 5.41) is 6.83. The summed E-state index contributed by atoms with van der Waals surface area (Å²) < 4.78 is 0. The summed E-state index contributed by atoms with van der Waals surface area (Å²) >= 11 is 6.18. The molecule has 2 aliphatic rings. The SMILES string of the molecule is O=C1Nc2cccc(Cl)c2[C@@]12CCNC2. The van der Waals surface area contributed by atoms with Gasteiger partial charge in [0.1, 0.15) is 0 Å². The first-order valence-electron chi connectivity index (χ1n) is 5.05. The Labute approximate surface area is 92.8 Å². The van der Waals surface area contributed by atoms with Gasteiger partial charge in [0.2, 0.25) is 5.91 Å². The van der Waals surface area contributed by atoms with Crippen LogP contribution in [0.2, 0.25) is 5.02 Å². The highest BCUT2D eigenvalue weighted by molar-refractivity contribution is 6.33. The molecule has 3 nitrogen and oxygen atoms in total. The number of carbonyl (C=O) groups excluding carboxylic acids is 1. The summed E-state index contributed by atoms with van der Waals surface area (Å²) in [5.41, 5.74) is 1.42. The Morgan fingerprint density at radius 3 is 3.00 bits per heavy atom. The van der Waals surface area contributed by atoms with Crippen molar-refractivity contribution in [3.8, 4) is 0 Å². The van der Waals surface area contributed by atoms with Crippen molar-refractivity contribution < 1.29 is 4.79 Å². The Kier molecular flexibility index (Phi) is 1.82. The van der Waals surface area contributed by atoms with E-state index in [1.165, 1.54) is 0 Å². The Hall–Kier alpha value is -1.06. The lowest BCUT2D eigenvalue weighted by Crippen LogP contribution is -2.36. The van der Waals surface area contributed by atoms with Crippen molar-refractivity contribution in [2.24, 2.45) is 0 Å². The molecule has 0 bridgehead atoms. The molecular formula is C11H11ClN2O. The molecule has 78 valence electrons. The smallest absolute Gasteiger partial charge is 0.236 e. The number of benzene rings is 1. The number of halogens is 1. The van der Waals surface area contributed by atoms with E-state index in [0.717, 1.165) is 24.2 Å². The first kappa shape index (κ1) is 9.19. The monoisotopic (exact) mass is 222 g/mol. The van der Waals surface area contributed by atoms with Gasteiger partial charge in [-0.05, 0) is 25.1 Å². The molecule has 1 amide bonds. The van der Waals surface area contributed by atoms with E-state index in [2.05, 4.69) is 10.6 Å². The molecule has 0 aromatic heterocycles. The molecule has 2 heterocycles. The van der Waals surface area contributed by atoms with Crippen LogP contribution >= 0.6 is 11.6 Å². The second-order valence-electron chi connectivity index (χ2n) is 4.13. The topological polar surface area (TPSA) is 41.1 Å². The molecule has 0 unspecified atom stereocenters. The molecule has 2 aliphatic heterocycles. The van der Waals surface area contributed by atoms with Crippen LogP contribution < -0.4 is 10.6 Å². The average molecular weight is 223 g/mol. The van der Waals surface area contributed by atoms with Gasteiger partial charge >= 0.3 is 0 Å². The normalized spacial score (nSPS) is 28.2. The standard InChI is InChI=1S/C11H11ClN2O/c12-7-2-1-3-8-9(7)11(10(15)14-8)4-5-13-6-11/h1-3,13H,4-6H2,(H,14,15)/t11-/m0/s1. The van der Waals surface area contributed by atoms with Crippen LogP contribution in [-0.4, -0.2) is 19.0 Å². The fourth-order valence-electron chi connectivity index (χ4n) is 2.57. The van der Waals surface area contributed by atoms with Crippen molar-refractivity contribution >= 4 is 23.2 Å². The van der Waals surface area contributed by atoms with Crippen LogP contribution in [0, 0.1) is 0 Å². The van der Waals surface area contributed by atoms with Crippen LogP contribution in [0.4, 0.5) is 5.69 Å². The predicted molar refractivity (Wildman–Crippen MR) is 59.2 cm³/mol. The molecule has 15 heavy (non-hydrogen) atoms. The number of hydrogen-bond acceptors (Lipinski definition) is 2. The molecular weight excluding hydrogens is 212 g/mol. The zero-order chi connectivity index (χ0) is 10.5. The molecule has 4 heteroatoms. The highest BCUT2D eigenvalue weighted by atomic mass is 35.5. The number of fused-ring (bicyclic) bond motifs is 2. The van der Waals surface area contributed by atoms with Crippen molar-refractivity contribution in [1.29, 1.82) is 0 Å². The number of nitrogens with one attached hydrogen (secondary N) is 2. The molecule has 1 aromatic carbocycles. The van der Waals surface area contributed by atoms with E-state index in [-0.39, 0.29) is 5.91 Å². The fourth-order valence-corrected chi connectivity index (χ4v) is 2.92. The van der Waals surface area contributed by atoms with Gasteiger partial charge in [0.25, 0.3) is 0 Å². The third-order valence-electron chi connectivity index (χ3n) is 3.33. The molecule has 1 fully saturated rings. The van der Waals surface area contributed by atoms with Gasteiger partial charge in [-0.15, -0.1) is 0 Å². The quantitative estimate of drug-likeness (QED) is 0.699. The Balaban J connectivity index is 2.24. The Morgan fingerprint density at radius 1 is 1.40 bits per heavy atom. The van der Waals surface area contributed by atoms with Crippen LogP contribution in [-0.2, 0) is 10.2 Å².